The number of ether oxygens (including phenoxy) is 2. The molecule has 0 N–H and O–H groups in total. The largest absolute Gasteiger partial charge is 0.463 e. The van der Waals surface area contributed by atoms with Gasteiger partial charge in [0.2, 0.25) is 0 Å². The van der Waals surface area contributed by atoms with E-state index in [2.05, 4.69) is 73.9 Å². The minimum Gasteiger partial charge on any atom is -0.463 e. The van der Waals surface area contributed by atoms with Gasteiger partial charge in [-0.2, -0.15) is 0 Å². The lowest BCUT2D eigenvalue weighted by molar-refractivity contribution is -0.139. The molecule has 0 aliphatic carbocycles. The molecule has 4 nitrogen and oxygen atoms in total. The van der Waals surface area contributed by atoms with Crippen LogP contribution in [-0.2, 0) is 25.5 Å². The molecule has 0 amide bonds. The summed E-state index contributed by atoms with van der Waals surface area (Å²) in [5, 5.41) is 0. The fourth-order valence-electron chi connectivity index (χ4n) is 1.60. The summed E-state index contributed by atoms with van der Waals surface area (Å²) in [6.07, 6.45) is 7.28. The van der Waals surface area contributed by atoms with Crippen LogP contribution in [0.15, 0.2) is 67.8 Å². The molecule has 36 heavy (non-hydrogen) atoms. The summed E-state index contributed by atoms with van der Waals surface area (Å²) in [5.74, 6) is -0.625. The number of carbonyl (C=O) groups is 2. The van der Waals surface area contributed by atoms with Crippen LogP contribution in [0.3, 0.4) is 0 Å². The zero-order valence-electron chi connectivity index (χ0n) is 20.5. The van der Waals surface area contributed by atoms with E-state index in [0.717, 1.165) is 12.8 Å². The molecule has 0 spiro atoms. The summed E-state index contributed by atoms with van der Waals surface area (Å²) in [4.78, 5) is 20.8. The Balaban J connectivity index is -0.0000000473. The van der Waals surface area contributed by atoms with Gasteiger partial charge in [-0.3, -0.25) is 0 Å². The number of benzene rings is 1. The van der Waals surface area contributed by atoms with Crippen LogP contribution < -0.4 is 0 Å². The second-order valence-corrected chi connectivity index (χ2v) is 6.38. The van der Waals surface area contributed by atoms with Gasteiger partial charge in [-0.05, 0) is 51.7 Å². The second-order valence-electron chi connectivity index (χ2n) is 6.38. The van der Waals surface area contributed by atoms with Gasteiger partial charge in [0.1, 0.15) is 0 Å². The molecule has 0 aliphatic rings. The van der Waals surface area contributed by atoms with Crippen LogP contribution in [0.25, 0.3) is 6.08 Å². The summed E-state index contributed by atoms with van der Waals surface area (Å²) >= 11 is 0. The number of rotatable bonds is 8. The molecule has 0 bridgehead atoms. The average molecular weight is 511 g/mol. The predicted molar refractivity (Wildman–Crippen MR) is 168 cm³/mol. The maximum Gasteiger partial charge on any atom is 0.333 e. The van der Waals surface area contributed by atoms with Gasteiger partial charge in [0.15, 0.2) is 0 Å². The minimum atomic E-state index is -0.312. The zero-order chi connectivity index (χ0) is 24.7. The smallest absolute Gasteiger partial charge is 0.333 e. The van der Waals surface area contributed by atoms with Crippen LogP contribution in [-0.4, -0.2) is 25.2 Å². The lowest BCUT2D eigenvalue weighted by Crippen LogP contribution is -2.03. The van der Waals surface area contributed by atoms with Crippen LogP contribution in [0, 0.1) is 0 Å². The van der Waals surface area contributed by atoms with E-state index in [4.69, 9.17) is 0 Å². The van der Waals surface area contributed by atoms with Crippen LogP contribution in [0.4, 0.5) is 0 Å². The maximum absolute atomic E-state index is 10.4. The van der Waals surface area contributed by atoms with Crippen LogP contribution in [0.5, 0.6) is 0 Å². The molecule has 4 heteroatoms. The molecule has 0 saturated heterocycles. The van der Waals surface area contributed by atoms with Crippen molar-refractivity contribution in [3.05, 3.63) is 78.9 Å². The van der Waals surface area contributed by atoms with E-state index in [1.165, 1.54) is 17.5 Å². The number of unbranched alkanes of at least 4 members (excludes halogenated alkanes) is 1. The highest BCUT2D eigenvalue weighted by molar-refractivity contribution is 5.87. The molecular weight excluding hydrogens is 448 g/mol. The number of esters is 2. The van der Waals surface area contributed by atoms with Gasteiger partial charge in [-0.15, -0.1) is 6.58 Å². The molecule has 0 radical (unpaired) electrons. The van der Waals surface area contributed by atoms with Crippen molar-refractivity contribution in [3.63, 3.8) is 0 Å². The fourth-order valence-corrected chi connectivity index (χ4v) is 1.60. The molecule has 0 unspecified atom stereocenters. The SMILES string of the molecule is C.C.C.C.C.C=C(C)C(=O)OCC.C=C(C)C(=O)OCC.C=CCCC.C=Cc1ccc(CC)cc1. The number of aryl methyl sites for hydroxylation is 1. The second kappa shape index (κ2) is 39.3. The van der Waals surface area contributed by atoms with E-state index in [-0.39, 0.29) is 49.1 Å². The number of hydrogen-bond donors (Lipinski definition) is 0. The molecule has 0 saturated carbocycles. The van der Waals surface area contributed by atoms with E-state index in [0.29, 0.717) is 24.4 Å². The quantitative estimate of drug-likeness (QED) is 0.198. The molecule has 0 aromatic heterocycles. The van der Waals surface area contributed by atoms with Crippen molar-refractivity contribution < 1.29 is 19.1 Å². The van der Waals surface area contributed by atoms with Crippen molar-refractivity contribution in [2.24, 2.45) is 0 Å². The average Bonchev–Trinajstić information content (AvgIpc) is 2.76. The summed E-state index contributed by atoms with van der Waals surface area (Å²) in [6.45, 7) is 26.0. The Kier molecular flexibility index (Phi) is 59.2. The Bertz CT molecular complexity index is 627. The van der Waals surface area contributed by atoms with Gasteiger partial charge in [0, 0.05) is 11.1 Å². The van der Waals surface area contributed by atoms with Crippen molar-refractivity contribution in [1.82, 2.24) is 0 Å². The highest BCUT2D eigenvalue weighted by Gasteiger charge is 1.98. The molecule has 0 atom stereocenters. The van der Waals surface area contributed by atoms with E-state index in [9.17, 15) is 9.59 Å². The summed E-state index contributed by atoms with van der Waals surface area (Å²) in [7, 11) is 0. The molecule has 0 fully saturated rings. The predicted octanol–water partition coefficient (Wildman–Crippen LogP) is 10.3. The van der Waals surface area contributed by atoms with Crippen molar-refractivity contribution in [1.29, 1.82) is 0 Å². The Morgan fingerprint density at radius 2 is 1.11 bits per heavy atom. The number of carbonyl (C=O) groups excluding carboxylic acids is 2. The lowest BCUT2D eigenvalue weighted by Gasteiger charge is -1.96. The molecule has 1 aromatic rings. The van der Waals surface area contributed by atoms with Gasteiger partial charge in [-0.1, -0.05) is 114 Å². The zero-order valence-corrected chi connectivity index (χ0v) is 20.5. The summed E-state index contributed by atoms with van der Waals surface area (Å²) in [6, 6.07) is 8.45. The van der Waals surface area contributed by atoms with Gasteiger partial charge in [0.05, 0.1) is 13.2 Å². The van der Waals surface area contributed by atoms with Crippen molar-refractivity contribution >= 4 is 18.0 Å². The van der Waals surface area contributed by atoms with Gasteiger partial charge < -0.3 is 9.47 Å². The summed E-state index contributed by atoms with van der Waals surface area (Å²) < 4.78 is 9.13. The van der Waals surface area contributed by atoms with E-state index in [1.807, 2.05) is 12.2 Å². The molecule has 0 aliphatic heterocycles. The molecule has 1 aromatic carbocycles. The van der Waals surface area contributed by atoms with Crippen molar-refractivity contribution in [3.8, 4) is 0 Å². The molecule has 214 valence electrons. The van der Waals surface area contributed by atoms with Crippen molar-refractivity contribution in [2.75, 3.05) is 13.2 Å². The monoisotopic (exact) mass is 510 g/mol. The standard InChI is InChI=1S/C10H12.2C6H10O2.C5H10.5CH4/c1-3-9-5-7-10(4-2)8-6-9;2*1-4-8-6(7)5(2)3;1-3-5-4-2;;;;;/h3,5-8H,1,4H2,2H3;2*2,4H2,1,3H3;3H,1,4-5H2,2H3;5*1H4. The first-order chi connectivity index (χ1) is 14.6. The van der Waals surface area contributed by atoms with Gasteiger partial charge in [-0.25, -0.2) is 9.59 Å². The Labute approximate surface area is 227 Å². The lowest BCUT2D eigenvalue weighted by atomic mass is 10.1. The molecular formula is C32H62O4. The van der Waals surface area contributed by atoms with Crippen LogP contribution in [0.1, 0.15) is 103 Å². The van der Waals surface area contributed by atoms with Gasteiger partial charge in [0.25, 0.3) is 0 Å². The maximum atomic E-state index is 10.4. The number of allylic oxidation sites excluding steroid dienone is 1. The third-order valence-corrected chi connectivity index (χ3v) is 3.36. The van der Waals surface area contributed by atoms with E-state index in [1.54, 1.807) is 27.7 Å². The van der Waals surface area contributed by atoms with Crippen LogP contribution in [0.2, 0.25) is 0 Å². The third-order valence-electron chi connectivity index (χ3n) is 3.36. The fraction of sp³-hybridized carbons (Fsp3) is 0.500. The number of hydrogen-bond acceptors (Lipinski definition) is 4. The van der Waals surface area contributed by atoms with E-state index >= 15 is 0 Å². The Morgan fingerprint density at radius 1 is 0.750 bits per heavy atom. The highest BCUT2D eigenvalue weighted by atomic mass is 16.5. The Hall–Kier alpha value is -2.88. The normalized spacial score (nSPS) is 7.28. The first-order valence-corrected chi connectivity index (χ1v) is 10.6. The molecule has 0 heterocycles. The first kappa shape index (κ1) is 54.2. The van der Waals surface area contributed by atoms with E-state index < -0.39 is 0 Å². The highest BCUT2D eigenvalue weighted by Crippen LogP contribution is 2.05. The Morgan fingerprint density at radius 3 is 1.25 bits per heavy atom. The van der Waals surface area contributed by atoms with Crippen molar-refractivity contribution in [2.45, 2.75) is 97.9 Å². The van der Waals surface area contributed by atoms with Crippen LogP contribution >= 0.6 is 0 Å². The molecule has 1 rings (SSSR count). The minimum absolute atomic E-state index is 0. The third kappa shape index (κ3) is 38.4. The van der Waals surface area contributed by atoms with Gasteiger partial charge >= 0.3 is 11.9 Å². The first-order valence-electron chi connectivity index (χ1n) is 10.6. The summed E-state index contributed by atoms with van der Waals surface area (Å²) in [5.41, 5.74) is 3.47. The topological polar surface area (TPSA) is 52.6 Å².